The average Bonchev–Trinajstić information content (AvgIpc) is 3.29. The molecule has 2 aliphatic rings. The van der Waals surface area contributed by atoms with Crippen LogP contribution >= 0.6 is 0 Å². The van der Waals surface area contributed by atoms with Gasteiger partial charge in [-0.05, 0) is 38.9 Å². The van der Waals surface area contributed by atoms with Gasteiger partial charge in [-0.25, -0.2) is 0 Å². The molecule has 0 atom stereocenters. The van der Waals surface area contributed by atoms with E-state index in [9.17, 15) is 0 Å². The fourth-order valence-corrected chi connectivity index (χ4v) is 6.02. The normalized spacial score (nSPS) is 15.9. The predicted molar refractivity (Wildman–Crippen MR) is 124 cm³/mol. The van der Waals surface area contributed by atoms with E-state index in [-0.39, 0.29) is 21.1 Å². The molecule has 0 radical (unpaired) electrons. The second-order valence-electron chi connectivity index (χ2n) is 8.51. The summed E-state index contributed by atoms with van der Waals surface area (Å²) in [4.78, 5) is 8.37. The molecule has 0 aromatic heterocycles. The maximum atomic E-state index is 3.72. The van der Waals surface area contributed by atoms with Gasteiger partial charge in [-0.15, -0.1) is 23.5 Å². The summed E-state index contributed by atoms with van der Waals surface area (Å²) < 4.78 is 0. The fourth-order valence-electron chi connectivity index (χ4n) is 3.67. The Labute approximate surface area is 196 Å². The third-order valence-corrected chi connectivity index (χ3v) is 8.67. The molecule has 6 heteroatoms. The Bertz CT molecular complexity index is 908. The minimum atomic E-state index is -1.98. The van der Waals surface area contributed by atoms with Crippen LogP contribution in [0.5, 0.6) is 0 Å². The van der Waals surface area contributed by atoms with Crippen molar-refractivity contribution >= 4 is 29.8 Å². The Kier molecular flexibility index (Phi) is 6.54. The van der Waals surface area contributed by atoms with Crippen LogP contribution in [-0.4, -0.2) is 32.0 Å². The number of hydrogen-bond donors (Lipinski definition) is 0. The van der Waals surface area contributed by atoms with Crippen molar-refractivity contribution in [3.05, 3.63) is 85.7 Å². The van der Waals surface area contributed by atoms with Crippen LogP contribution in [0, 0.1) is 39.3 Å². The zero-order valence-corrected chi connectivity index (χ0v) is 21.7. The molecule has 0 saturated heterocycles. The summed E-state index contributed by atoms with van der Waals surface area (Å²) in [5.41, 5.74) is 4.70. The van der Waals surface area contributed by atoms with Gasteiger partial charge in [-0.2, -0.15) is 59.1 Å². The Balaban J connectivity index is 0.00000256. The third-order valence-electron chi connectivity index (χ3n) is 5.44. The van der Waals surface area contributed by atoms with E-state index in [1.807, 2.05) is 14.1 Å². The van der Waals surface area contributed by atoms with Crippen LogP contribution in [0.3, 0.4) is 0 Å². The summed E-state index contributed by atoms with van der Waals surface area (Å²) in [6.45, 7) is 13.3. The molecule has 30 heavy (non-hydrogen) atoms. The van der Waals surface area contributed by atoms with E-state index in [1.165, 1.54) is 21.5 Å². The van der Waals surface area contributed by atoms with Crippen LogP contribution < -0.4 is 20.2 Å². The first-order chi connectivity index (χ1) is 13.7. The van der Waals surface area contributed by atoms with E-state index in [4.69, 9.17) is 0 Å². The van der Waals surface area contributed by atoms with Crippen LogP contribution in [0.1, 0.15) is 11.1 Å². The number of rotatable bonds is 4. The summed E-state index contributed by atoms with van der Waals surface area (Å²) >= 11 is 0. The van der Waals surface area contributed by atoms with Crippen LogP contribution in [0.15, 0.2) is 49.1 Å². The summed E-state index contributed by atoms with van der Waals surface area (Å²) in [7, 11) is 2.09. The molecule has 2 aromatic carbocycles. The zero-order chi connectivity index (χ0) is 20.8. The van der Waals surface area contributed by atoms with Crippen molar-refractivity contribution in [2.24, 2.45) is 0 Å². The maximum absolute atomic E-state index is 3.72. The molecule has 0 unspecified atom stereocenters. The van der Waals surface area contributed by atoms with E-state index < -0.39 is 8.07 Å². The first kappa shape index (κ1) is 22.7. The monoisotopic (exact) mass is 595 g/mol. The van der Waals surface area contributed by atoms with Crippen molar-refractivity contribution in [2.75, 3.05) is 23.9 Å². The second-order valence-corrected chi connectivity index (χ2v) is 12.8. The summed E-state index contributed by atoms with van der Waals surface area (Å²) in [6.07, 6.45) is 8.26. The fraction of sp³-hybridized carbons (Fsp3) is 0.250. The van der Waals surface area contributed by atoms with Gasteiger partial charge in [0.15, 0.2) is 0 Å². The number of benzene rings is 2. The molecular formula is C24H28N4PtSi. The molecular weight excluding hydrogens is 567 g/mol. The summed E-state index contributed by atoms with van der Waals surface area (Å²) in [5, 5.41) is 2.60. The van der Waals surface area contributed by atoms with E-state index in [0.29, 0.717) is 0 Å². The van der Waals surface area contributed by atoms with Gasteiger partial charge in [0.25, 0.3) is 0 Å². The van der Waals surface area contributed by atoms with Crippen molar-refractivity contribution in [3.63, 3.8) is 0 Å². The van der Waals surface area contributed by atoms with Crippen LogP contribution in [0.4, 0.5) is 11.4 Å². The molecule has 0 fully saturated rings. The molecule has 0 N–H and O–H groups in total. The van der Waals surface area contributed by atoms with Gasteiger partial charge in [-0.3, -0.25) is 0 Å². The van der Waals surface area contributed by atoms with Crippen LogP contribution in [0.2, 0.25) is 13.1 Å². The zero-order valence-electron chi connectivity index (χ0n) is 18.4. The molecule has 4 rings (SSSR count). The standard InChI is InChI=1S/C24H28N4Si.Pt/c1-19-11-21(27-9-7-25(3)17-27)15-23(13-19)29(5,6)24-14-20(2)12-22(16-24)28-10-8-26(4)18-28;/h7-14,17-18H,1-6H3;/q-4;+4. The number of hydrogen-bond acceptors (Lipinski definition) is 4. The molecule has 0 amide bonds. The van der Waals surface area contributed by atoms with Gasteiger partial charge in [-0.1, -0.05) is 26.9 Å². The first-order valence-electron chi connectivity index (χ1n) is 9.88. The molecule has 0 spiro atoms. The Morgan fingerprint density at radius 3 is 1.43 bits per heavy atom. The molecule has 2 aromatic rings. The van der Waals surface area contributed by atoms with Gasteiger partial charge in [0.2, 0.25) is 0 Å². The Hall–Kier alpha value is -1.97. The minimum absolute atomic E-state index is 0. The van der Waals surface area contributed by atoms with Gasteiger partial charge in [0, 0.05) is 0 Å². The molecule has 0 aliphatic carbocycles. The molecule has 0 saturated carbocycles. The Morgan fingerprint density at radius 2 is 1.10 bits per heavy atom. The number of anilines is 2. The quantitative estimate of drug-likeness (QED) is 0.397. The molecule has 2 aliphatic heterocycles. The van der Waals surface area contributed by atoms with Crippen molar-refractivity contribution in [3.8, 4) is 0 Å². The maximum Gasteiger partial charge on any atom is 4.00 e. The van der Waals surface area contributed by atoms with Crippen molar-refractivity contribution in [2.45, 2.75) is 26.9 Å². The predicted octanol–water partition coefficient (Wildman–Crippen LogP) is 3.41. The van der Waals surface area contributed by atoms with E-state index in [1.54, 1.807) is 0 Å². The van der Waals surface area contributed by atoms with E-state index in [0.717, 1.165) is 11.4 Å². The summed E-state index contributed by atoms with van der Waals surface area (Å²) in [5.74, 6) is 0. The van der Waals surface area contributed by atoms with Crippen molar-refractivity contribution in [1.82, 2.24) is 9.80 Å². The van der Waals surface area contributed by atoms with Crippen molar-refractivity contribution < 1.29 is 21.1 Å². The number of aryl methyl sites for hydroxylation is 2. The summed E-state index contributed by atoms with van der Waals surface area (Å²) in [6, 6.07) is 16.4. The molecule has 158 valence electrons. The number of nitrogens with zero attached hydrogens (tertiary/aromatic N) is 4. The van der Waals surface area contributed by atoms with Gasteiger partial charge < -0.3 is 19.6 Å². The van der Waals surface area contributed by atoms with Gasteiger partial charge in [0.05, 0.1) is 8.07 Å². The van der Waals surface area contributed by atoms with Gasteiger partial charge in [0.1, 0.15) is 0 Å². The van der Waals surface area contributed by atoms with Crippen LogP contribution in [0.25, 0.3) is 0 Å². The molecule has 2 heterocycles. The molecule has 4 nitrogen and oxygen atoms in total. The Morgan fingerprint density at radius 1 is 0.700 bits per heavy atom. The van der Waals surface area contributed by atoms with E-state index in [2.05, 4.69) is 121 Å². The molecule has 0 bridgehead atoms. The largest absolute Gasteiger partial charge is 4.00 e. The smallest absolute Gasteiger partial charge is 0.510 e. The van der Waals surface area contributed by atoms with Crippen molar-refractivity contribution in [1.29, 1.82) is 0 Å². The topological polar surface area (TPSA) is 13.0 Å². The third kappa shape index (κ3) is 4.52. The second kappa shape index (κ2) is 8.64. The van der Waals surface area contributed by atoms with Gasteiger partial charge >= 0.3 is 21.1 Å². The average molecular weight is 596 g/mol. The van der Waals surface area contributed by atoms with E-state index >= 15 is 0 Å². The minimum Gasteiger partial charge on any atom is -0.510 e. The van der Waals surface area contributed by atoms with Crippen LogP contribution in [-0.2, 0) is 21.1 Å². The SMILES string of the molecule is Cc1cc(N2C=CN(C)[CH-]2)[c-]c([Si](C)(C)c2[c-]c(N3C=CN(C)[CH-]3)cc(C)c2)c1.[Pt+4]. The first-order valence-corrected chi connectivity index (χ1v) is 12.9.